The molecule has 0 aromatic carbocycles. The molecule has 0 aromatic heterocycles. The number of likely N-dealkylation sites (N-methyl/N-ethyl adjacent to an activating group) is 1. The Labute approximate surface area is 549 Å². The highest BCUT2D eigenvalue weighted by molar-refractivity contribution is 5.71. The van der Waals surface area contributed by atoms with Gasteiger partial charge in [-0.1, -0.05) is 322 Å². The first kappa shape index (κ1) is 85.0. The monoisotopic (exact) mass is 1240 g/mol. The molecule has 0 aromatic rings. The summed E-state index contributed by atoms with van der Waals surface area (Å²) in [4.78, 5) is 37.6. The lowest BCUT2D eigenvalue weighted by Crippen LogP contribution is -2.40. The Bertz CT molecular complexity index is 1830. The van der Waals surface area contributed by atoms with Crippen LogP contribution < -0.4 is 0 Å². The summed E-state index contributed by atoms with van der Waals surface area (Å²) in [5, 5.41) is 9.75. The molecule has 2 atom stereocenters. The minimum absolute atomic E-state index is 0.185. The number of nitrogens with zero attached hydrogens (tertiary/aromatic N) is 1. The van der Waals surface area contributed by atoms with Crippen molar-refractivity contribution in [2.75, 3.05) is 47.5 Å². The molecule has 0 aliphatic rings. The van der Waals surface area contributed by atoms with Crippen LogP contribution in [-0.4, -0.2) is 87.4 Å². The number of carboxylic acid groups (broad SMARTS) is 1. The normalized spacial score (nSPS) is 13.3. The van der Waals surface area contributed by atoms with Crippen molar-refractivity contribution in [2.24, 2.45) is 0 Å². The molecule has 0 aliphatic heterocycles. The van der Waals surface area contributed by atoms with Crippen molar-refractivity contribution in [3.8, 4) is 0 Å². The van der Waals surface area contributed by atoms with Crippen LogP contribution in [0.25, 0.3) is 0 Å². The van der Waals surface area contributed by atoms with Crippen molar-refractivity contribution in [3.05, 3.63) is 109 Å². The third kappa shape index (κ3) is 71.3. The van der Waals surface area contributed by atoms with Gasteiger partial charge in [0.2, 0.25) is 0 Å². The van der Waals surface area contributed by atoms with E-state index < -0.39 is 24.3 Å². The van der Waals surface area contributed by atoms with E-state index in [0.717, 1.165) is 103 Å². The molecule has 0 heterocycles. The van der Waals surface area contributed by atoms with Crippen molar-refractivity contribution in [1.82, 2.24) is 0 Å². The molecular formula is C80H140NO8+. The second-order valence-corrected chi connectivity index (χ2v) is 25.8. The summed E-state index contributed by atoms with van der Waals surface area (Å²) in [6.07, 6.45) is 95.1. The number of esters is 2. The number of carboxylic acids is 1. The molecule has 0 bridgehead atoms. The van der Waals surface area contributed by atoms with E-state index in [4.69, 9.17) is 18.9 Å². The SMILES string of the molecule is CC/C=C\C/C=C\C/C=C\C/C=C\C/C=C\CCCCCCCCCCCCCCCCCCCCCCCCCCCC(=O)OC(COC(=O)CCCCCCCCCCCC/C=C\C/C=C\C/C=C\C/C=C\CC)COC(OCC[N+](C)(C)C)C(=O)O. The Balaban J connectivity index is 3.99. The minimum atomic E-state index is -1.51. The first-order chi connectivity index (χ1) is 43.6. The number of carbonyl (C=O) groups is 3. The molecule has 2 unspecified atom stereocenters. The Morgan fingerprint density at radius 2 is 0.607 bits per heavy atom. The summed E-state index contributed by atoms with van der Waals surface area (Å²) in [7, 11) is 5.98. The van der Waals surface area contributed by atoms with E-state index in [0.29, 0.717) is 17.4 Å². The first-order valence-corrected chi connectivity index (χ1v) is 37.1. The van der Waals surface area contributed by atoms with Gasteiger partial charge in [-0.2, -0.15) is 0 Å². The van der Waals surface area contributed by atoms with Gasteiger partial charge in [-0.15, -0.1) is 0 Å². The third-order valence-electron chi connectivity index (χ3n) is 16.0. The lowest BCUT2D eigenvalue weighted by Gasteiger charge is -2.25. The summed E-state index contributed by atoms with van der Waals surface area (Å²) in [5.41, 5.74) is 0. The van der Waals surface area contributed by atoms with Crippen molar-refractivity contribution in [2.45, 2.75) is 334 Å². The standard InChI is InChI=1S/C80H139NO8/c1-6-8-10-12-14-16-18-20-22-24-26-28-30-31-32-33-34-35-36-37-38-39-40-41-42-43-44-45-46-47-49-51-53-55-57-59-61-63-65-67-69-71-78(83)89-76(75-88-80(79(84)85)86-73-72-81(3,4)5)74-87-77(82)70-68-66-64-62-60-58-56-54-52-50-48-29-27-25-23-21-19-17-15-13-11-9-7-2/h8-11,14-17,20-23,26-29,31-32,76,80H,6-7,12-13,18-19,24-25,30,33-75H2,1-5H3/p+1/b10-8-,11-9-,16-14-,17-15-,22-20-,23-21-,28-26-,29-27-,32-31-. The highest BCUT2D eigenvalue weighted by Crippen LogP contribution is 2.18. The van der Waals surface area contributed by atoms with Crippen LogP contribution in [0, 0.1) is 0 Å². The smallest absolute Gasteiger partial charge is 0.361 e. The van der Waals surface area contributed by atoms with Crippen molar-refractivity contribution < 1.29 is 42.9 Å². The Kier molecular flexibility index (Phi) is 66.7. The van der Waals surface area contributed by atoms with Gasteiger partial charge in [-0.05, 0) is 96.3 Å². The van der Waals surface area contributed by atoms with Gasteiger partial charge in [0, 0.05) is 12.8 Å². The van der Waals surface area contributed by atoms with Crippen LogP contribution in [0.2, 0.25) is 0 Å². The maximum Gasteiger partial charge on any atom is 0.361 e. The lowest BCUT2D eigenvalue weighted by molar-refractivity contribution is -0.870. The van der Waals surface area contributed by atoms with E-state index in [1.165, 1.54) is 193 Å². The highest BCUT2D eigenvalue weighted by Gasteiger charge is 2.25. The number of quaternary nitrogens is 1. The van der Waals surface area contributed by atoms with Crippen LogP contribution in [0.5, 0.6) is 0 Å². The first-order valence-electron chi connectivity index (χ1n) is 37.1. The minimum Gasteiger partial charge on any atom is -0.477 e. The fourth-order valence-corrected chi connectivity index (χ4v) is 10.4. The van der Waals surface area contributed by atoms with Crippen LogP contribution in [0.4, 0.5) is 0 Å². The second-order valence-electron chi connectivity index (χ2n) is 25.8. The molecule has 9 nitrogen and oxygen atoms in total. The van der Waals surface area contributed by atoms with Gasteiger partial charge in [-0.3, -0.25) is 9.59 Å². The molecule has 0 rings (SSSR count). The fourth-order valence-electron chi connectivity index (χ4n) is 10.4. The lowest BCUT2D eigenvalue weighted by atomic mass is 10.0. The summed E-state index contributed by atoms with van der Waals surface area (Å²) < 4.78 is 23.0. The van der Waals surface area contributed by atoms with Gasteiger partial charge in [0.15, 0.2) is 6.10 Å². The molecule has 0 radical (unpaired) electrons. The van der Waals surface area contributed by atoms with E-state index in [1.54, 1.807) is 0 Å². The second kappa shape index (κ2) is 69.8. The van der Waals surface area contributed by atoms with Gasteiger partial charge in [0.25, 0.3) is 6.29 Å². The zero-order chi connectivity index (χ0) is 64.7. The quantitative estimate of drug-likeness (QED) is 0.0211. The average Bonchev–Trinajstić information content (AvgIpc) is 3.64. The fraction of sp³-hybridized carbons (Fsp3) is 0.738. The zero-order valence-corrected chi connectivity index (χ0v) is 58.6. The van der Waals surface area contributed by atoms with Gasteiger partial charge in [0.1, 0.15) is 13.2 Å². The van der Waals surface area contributed by atoms with Gasteiger partial charge < -0.3 is 28.5 Å². The maximum absolute atomic E-state index is 13.0. The number of allylic oxidation sites excluding steroid dienone is 18. The van der Waals surface area contributed by atoms with E-state index in [1.807, 2.05) is 21.1 Å². The number of aliphatic carboxylic acids is 1. The number of unbranched alkanes of at least 4 members (excludes halogenated alkanes) is 35. The van der Waals surface area contributed by atoms with Crippen molar-refractivity contribution in [3.63, 3.8) is 0 Å². The summed E-state index contributed by atoms with van der Waals surface area (Å²) in [6.45, 7) is 4.68. The molecule has 512 valence electrons. The topological polar surface area (TPSA) is 108 Å². The van der Waals surface area contributed by atoms with Gasteiger partial charge in [-0.25, -0.2) is 4.79 Å². The van der Waals surface area contributed by atoms with Gasteiger partial charge in [0.05, 0.1) is 34.4 Å². The average molecular weight is 1240 g/mol. The molecule has 0 fully saturated rings. The molecule has 89 heavy (non-hydrogen) atoms. The molecule has 9 heteroatoms. The molecule has 0 saturated heterocycles. The molecule has 0 spiro atoms. The van der Waals surface area contributed by atoms with Crippen LogP contribution in [0.15, 0.2) is 109 Å². The van der Waals surface area contributed by atoms with E-state index in [-0.39, 0.29) is 32.2 Å². The summed E-state index contributed by atoms with van der Waals surface area (Å²) in [6, 6.07) is 0. The number of ether oxygens (including phenoxy) is 4. The third-order valence-corrected chi connectivity index (χ3v) is 16.0. The predicted octanol–water partition coefficient (Wildman–Crippen LogP) is 23.4. The van der Waals surface area contributed by atoms with Crippen LogP contribution in [0.3, 0.4) is 0 Å². The van der Waals surface area contributed by atoms with Crippen molar-refractivity contribution >= 4 is 17.9 Å². The van der Waals surface area contributed by atoms with Crippen molar-refractivity contribution in [1.29, 1.82) is 0 Å². The Morgan fingerprint density at radius 1 is 0.337 bits per heavy atom. The molecule has 0 saturated carbocycles. The summed E-state index contributed by atoms with van der Waals surface area (Å²) >= 11 is 0. The Hall–Kier alpha value is -4.05. The van der Waals surface area contributed by atoms with Crippen LogP contribution in [-0.2, 0) is 33.3 Å². The number of hydrogen-bond acceptors (Lipinski definition) is 7. The van der Waals surface area contributed by atoms with E-state index >= 15 is 0 Å². The van der Waals surface area contributed by atoms with Crippen LogP contribution in [0.1, 0.15) is 322 Å². The van der Waals surface area contributed by atoms with Gasteiger partial charge >= 0.3 is 17.9 Å². The van der Waals surface area contributed by atoms with E-state index in [9.17, 15) is 19.5 Å². The maximum atomic E-state index is 13.0. The van der Waals surface area contributed by atoms with E-state index in [2.05, 4.69) is 123 Å². The molecular weight excluding hydrogens is 1100 g/mol. The summed E-state index contributed by atoms with van der Waals surface area (Å²) in [5.74, 6) is -2.00. The number of hydrogen-bond donors (Lipinski definition) is 1. The van der Waals surface area contributed by atoms with Crippen LogP contribution >= 0.6 is 0 Å². The largest absolute Gasteiger partial charge is 0.477 e. The molecule has 1 N–H and O–H groups in total. The predicted molar refractivity (Wildman–Crippen MR) is 382 cm³/mol. The molecule has 0 amide bonds. The highest BCUT2D eigenvalue weighted by atomic mass is 16.7. The number of carbonyl (C=O) groups excluding carboxylic acids is 2. The Morgan fingerprint density at radius 3 is 0.899 bits per heavy atom. The molecule has 0 aliphatic carbocycles. The number of rotatable bonds is 68. The zero-order valence-electron chi connectivity index (χ0n) is 58.6.